The molecule has 3 heterocycles. The molecule has 4 aromatic rings. The predicted molar refractivity (Wildman–Crippen MR) is 137 cm³/mol. The van der Waals surface area contributed by atoms with Gasteiger partial charge in [0, 0.05) is 48.5 Å². The van der Waals surface area contributed by atoms with Crippen molar-refractivity contribution in [2.24, 2.45) is 7.05 Å². The van der Waals surface area contributed by atoms with Crippen molar-refractivity contribution >= 4 is 28.4 Å². The Bertz CT molecular complexity index is 1590. The number of rotatable bonds is 4. The molecule has 11 heteroatoms. The van der Waals surface area contributed by atoms with Gasteiger partial charge in [0.05, 0.1) is 24.5 Å². The fraction of sp³-hybridized carbons (Fsp3) is 0.259. The Morgan fingerprint density at radius 1 is 1.08 bits per heavy atom. The van der Waals surface area contributed by atoms with Crippen LogP contribution in [0.2, 0.25) is 0 Å². The summed E-state index contributed by atoms with van der Waals surface area (Å²) < 4.78 is 46.1. The molecule has 0 bridgehead atoms. The van der Waals surface area contributed by atoms with Crippen molar-refractivity contribution in [3.63, 3.8) is 0 Å². The first-order valence-electron chi connectivity index (χ1n) is 11.9. The predicted octanol–water partition coefficient (Wildman–Crippen LogP) is 4.41. The summed E-state index contributed by atoms with van der Waals surface area (Å²) in [5.74, 6) is -0.205. The quantitative estimate of drug-likeness (QED) is 0.426. The van der Waals surface area contributed by atoms with Crippen LogP contribution in [0, 0.1) is 6.92 Å². The Morgan fingerprint density at radius 3 is 2.58 bits per heavy atom. The third-order valence-electron chi connectivity index (χ3n) is 6.48. The van der Waals surface area contributed by atoms with Crippen LogP contribution >= 0.6 is 0 Å². The number of anilines is 2. The highest BCUT2D eigenvalue weighted by atomic mass is 19.4. The number of hydrogen-bond acceptors (Lipinski definition) is 6. The lowest BCUT2D eigenvalue weighted by Crippen LogP contribution is -2.37. The van der Waals surface area contributed by atoms with Crippen molar-refractivity contribution < 1.29 is 22.7 Å². The molecule has 2 aromatic heterocycles. The Morgan fingerprint density at radius 2 is 1.84 bits per heavy atom. The number of hydrogen-bond donors (Lipinski definition) is 1. The number of nitrogens with one attached hydrogen (secondary N) is 1. The van der Waals surface area contributed by atoms with Gasteiger partial charge in [0.2, 0.25) is 5.95 Å². The normalized spacial score (nSPS) is 14.1. The van der Waals surface area contributed by atoms with Gasteiger partial charge in [-0.2, -0.15) is 13.2 Å². The number of aromatic nitrogens is 3. The van der Waals surface area contributed by atoms with Crippen molar-refractivity contribution in [2.75, 3.05) is 36.5 Å². The molecule has 1 fully saturated rings. The van der Waals surface area contributed by atoms with Crippen molar-refractivity contribution in [2.45, 2.75) is 13.1 Å². The molecule has 196 valence electrons. The average Bonchev–Trinajstić information content (AvgIpc) is 2.92. The van der Waals surface area contributed by atoms with E-state index in [1.165, 1.54) is 16.7 Å². The lowest BCUT2D eigenvalue weighted by molar-refractivity contribution is -0.137. The van der Waals surface area contributed by atoms with E-state index in [-0.39, 0.29) is 11.1 Å². The molecule has 5 rings (SSSR count). The van der Waals surface area contributed by atoms with Crippen LogP contribution in [0.3, 0.4) is 0 Å². The molecule has 1 saturated heterocycles. The van der Waals surface area contributed by atoms with Gasteiger partial charge in [-0.3, -0.25) is 9.59 Å². The van der Waals surface area contributed by atoms with Crippen LogP contribution < -0.4 is 15.8 Å². The second kappa shape index (κ2) is 9.90. The van der Waals surface area contributed by atoms with Crippen LogP contribution in [0.1, 0.15) is 21.5 Å². The summed E-state index contributed by atoms with van der Waals surface area (Å²) in [6.45, 7) is 4.28. The van der Waals surface area contributed by atoms with E-state index in [1.807, 2.05) is 11.8 Å². The molecular formula is C27H24F3N5O3. The topological polar surface area (TPSA) is 89.4 Å². The Kier molecular flexibility index (Phi) is 6.62. The summed E-state index contributed by atoms with van der Waals surface area (Å²) in [7, 11) is 1.64. The van der Waals surface area contributed by atoms with Gasteiger partial charge < -0.3 is 19.5 Å². The lowest BCUT2D eigenvalue weighted by Gasteiger charge is -2.26. The van der Waals surface area contributed by atoms with Gasteiger partial charge in [-0.05, 0) is 48.9 Å². The molecular weight excluding hydrogens is 499 g/mol. The fourth-order valence-electron chi connectivity index (χ4n) is 4.36. The molecule has 1 aliphatic rings. The highest BCUT2D eigenvalue weighted by Crippen LogP contribution is 2.31. The third kappa shape index (κ3) is 4.97. The number of halogens is 3. The van der Waals surface area contributed by atoms with Crippen molar-refractivity contribution in [1.82, 2.24) is 14.5 Å². The van der Waals surface area contributed by atoms with E-state index in [2.05, 4.69) is 15.3 Å². The van der Waals surface area contributed by atoms with E-state index in [0.717, 1.165) is 17.7 Å². The number of fused-ring (bicyclic) bond motifs is 1. The third-order valence-corrected chi connectivity index (χ3v) is 6.48. The first-order valence-corrected chi connectivity index (χ1v) is 11.9. The molecule has 0 unspecified atom stereocenters. The summed E-state index contributed by atoms with van der Waals surface area (Å²) in [4.78, 5) is 37.0. The number of benzene rings is 2. The van der Waals surface area contributed by atoms with Gasteiger partial charge in [-0.25, -0.2) is 9.97 Å². The standard InChI is InChI=1S/C27H24F3N5O3/c1-16-6-7-20(32-24(36)17-4-3-5-19(12-17)27(28,29)30)14-21(16)22-13-18-15-31-26(35-8-10-38-11-9-35)33-23(18)25(37)34(22)2/h3-7,12-15H,8-11H2,1-2H3,(H,32,36). The average molecular weight is 524 g/mol. The maximum Gasteiger partial charge on any atom is 0.416 e. The zero-order chi connectivity index (χ0) is 27.0. The molecule has 2 aromatic carbocycles. The maximum atomic E-state index is 13.3. The van der Waals surface area contributed by atoms with Gasteiger partial charge in [-0.1, -0.05) is 12.1 Å². The number of aryl methyl sites for hydroxylation is 1. The fourth-order valence-corrected chi connectivity index (χ4v) is 4.36. The summed E-state index contributed by atoms with van der Waals surface area (Å²) in [5, 5.41) is 3.22. The zero-order valence-corrected chi connectivity index (χ0v) is 20.7. The molecule has 0 radical (unpaired) electrons. The van der Waals surface area contributed by atoms with E-state index in [0.29, 0.717) is 60.1 Å². The molecule has 0 saturated carbocycles. The SMILES string of the molecule is Cc1ccc(NC(=O)c2cccc(C(F)(F)F)c2)cc1-c1cc2cnc(N3CCOCC3)nc2c(=O)n1C. The minimum absolute atomic E-state index is 0.117. The number of carbonyl (C=O) groups is 1. The smallest absolute Gasteiger partial charge is 0.378 e. The molecule has 8 nitrogen and oxygen atoms in total. The summed E-state index contributed by atoms with van der Waals surface area (Å²) in [5.41, 5.74) is 1.44. The highest BCUT2D eigenvalue weighted by Gasteiger charge is 2.31. The first kappa shape index (κ1) is 25.4. The van der Waals surface area contributed by atoms with Crippen molar-refractivity contribution in [3.8, 4) is 11.3 Å². The number of ether oxygens (including phenoxy) is 1. The van der Waals surface area contributed by atoms with Crippen molar-refractivity contribution in [1.29, 1.82) is 0 Å². The monoisotopic (exact) mass is 523 g/mol. The highest BCUT2D eigenvalue weighted by molar-refractivity contribution is 6.04. The second-order valence-electron chi connectivity index (χ2n) is 9.03. The van der Waals surface area contributed by atoms with Crippen LogP contribution in [0.4, 0.5) is 24.8 Å². The van der Waals surface area contributed by atoms with Crippen LogP contribution in [0.25, 0.3) is 22.2 Å². The van der Waals surface area contributed by atoms with Gasteiger partial charge >= 0.3 is 6.18 Å². The Labute approximate surface area is 215 Å². The molecule has 38 heavy (non-hydrogen) atoms. The van der Waals surface area contributed by atoms with E-state index < -0.39 is 17.6 Å². The molecule has 0 aliphatic carbocycles. The number of amides is 1. The number of alkyl halides is 3. The van der Waals surface area contributed by atoms with Gasteiger partial charge in [0.15, 0.2) is 0 Å². The number of pyridine rings is 1. The maximum absolute atomic E-state index is 13.3. The number of morpholine rings is 1. The van der Waals surface area contributed by atoms with Crippen LogP contribution in [-0.4, -0.2) is 46.7 Å². The summed E-state index contributed by atoms with van der Waals surface area (Å²) >= 11 is 0. The molecule has 1 amide bonds. The van der Waals surface area contributed by atoms with E-state index in [4.69, 9.17) is 4.74 Å². The Hall–Kier alpha value is -4.25. The molecule has 0 spiro atoms. The van der Waals surface area contributed by atoms with Gasteiger partial charge in [0.1, 0.15) is 5.52 Å². The number of nitrogens with zero attached hydrogens (tertiary/aromatic N) is 4. The molecule has 1 aliphatic heterocycles. The van der Waals surface area contributed by atoms with E-state index in [9.17, 15) is 22.8 Å². The Balaban J connectivity index is 1.48. The van der Waals surface area contributed by atoms with Crippen LogP contribution in [-0.2, 0) is 18.0 Å². The van der Waals surface area contributed by atoms with Gasteiger partial charge in [0.25, 0.3) is 11.5 Å². The molecule has 0 atom stereocenters. The summed E-state index contributed by atoms with van der Waals surface area (Å²) in [6.07, 6.45) is -2.94. The zero-order valence-electron chi connectivity index (χ0n) is 20.7. The van der Waals surface area contributed by atoms with Crippen molar-refractivity contribution in [3.05, 3.63) is 81.8 Å². The minimum atomic E-state index is -4.55. The van der Waals surface area contributed by atoms with Gasteiger partial charge in [-0.15, -0.1) is 0 Å². The van der Waals surface area contributed by atoms with Crippen LogP contribution in [0.15, 0.2) is 59.5 Å². The van der Waals surface area contributed by atoms with Crippen LogP contribution in [0.5, 0.6) is 0 Å². The van der Waals surface area contributed by atoms with E-state index >= 15 is 0 Å². The molecule has 1 N–H and O–H groups in total. The lowest BCUT2D eigenvalue weighted by atomic mass is 10.0. The first-order chi connectivity index (χ1) is 18.1. The largest absolute Gasteiger partial charge is 0.416 e. The summed E-state index contributed by atoms with van der Waals surface area (Å²) in [6, 6.07) is 11.1. The van der Waals surface area contributed by atoms with E-state index in [1.54, 1.807) is 37.5 Å². The minimum Gasteiger partial charge on any atom is -0.378 e. The number of carbonyl (C=O) groups excluding carboxylic acids is 1. The second-order valence-corrected chi connectivity index (χ2v) is 9.03.